The fraction of sp³-hybridized carbons (Fsp3) is 0.250. The van der Waals surface area contributed by atoms with Gasteiger partial charge >= 0.3 is 0 Å². The van der Waals surface area contributed by atoms with Crippen LogP contribution in [-0.2, 0) is 4.79 Å². The Morgan fingerprint density at radius 3 is 2.63 bits per heavy atom. The first-order valence-corrected chi connectivity index (χ1v) is 9.73. The van der Waals surface area contributed by atoms with E-state index in [0.29, 0.717) is 6.54 Å². The van der Waals surface area contributed by atoms with Crippen molar-refractivity contribution in [1.82, 2.24) is 19.7 Å². The molecule has 0 aliphatic carbocycles. The number of anilines is 1. The van der Waals surface area contributed by atoms with Crippen molar-refractivity contribution in [1.29, 1.82) is 0 Å². The van der Waals surface area contributed by atoms with Crippen LogP contribution in [-0.4, -0.2) is 39.2 Å². The quantitative estimate of drug-likeness (QED) is 0.551. The minimum Gasteiger partial charge on any atom is -0.325 e. The Kier molecular flexibility index (Phi) is 6.22. The highest BCUT2D eigenvalue weighted by atomic mass is 127. The van der Waals surface area contributed by atoms with E-state index in [1.807, 2.05) is 43.1 Å². The molecule has 6 nitrogen and oxygen atoms in total. The van der Waals surface area contributed by atoms with Crippen molar-refractivity contribution >= 4 is 34.2 Å². The Hall–Kier alpha value is -2.26. The number of likely N-dealkylation sites (N-methyl/N-ethyl adjacent to an activating group) is 1. The lowest BCUT2D eigenvalue weighted by Crippen LogP contribution is -2.32. The van der Waals surface area contributed by atoms with Crippen molar-refractivity contribution in [3.05, 3.63) is 69.8 Å². The summed E-state index contributed by atoms with van der Waals surface area (Å²) in [7, 11) is 1.95. The molecule has 0 aliphatic heterocycles. The van der Waals surface area contributed by atoms with Gasteiger partial charge < -0.3 is 5.32 Å². The molecule has 1 N–H and O–H groups in total. The number of carbonyl (C=O) groups excluding carboxylic acids is 1. The van der Waals surface area contributed by atoms with Crippen LogP contribution in [0.2, 0.25) is 0 Å². The topological polar surface area (TPSA) is 63.1 Å². The van der Waals surface area contributed by atoms with Crippen molar-refractivity contribution in [2.45, 2.75) is 19.9 Å². The summed E-state index contributed by atoms with van der Waals surface area (Å²) < 4.78 is 2.87. The Labute approximate surface area is 172 Å². The van der Waals surface area contributed by atoms with Crippen LogP contribution < -0.4 is 5.32 Å². The monoisotopic (exact) mass is 475 g/mol. The van der Waals surface area contributed by atoms with Crippen molar-refractivity contribution in [2.24, 2.45) is 0 Å². The van der Waals surface area contributed by atoms with Gasteiger partial charge in [-0.25, -0.2) is 9.67 Å². The van der Waals surface area contributed by atoms with Crippen LogP contribution in [0.4, 0.5) is 5.69 Å². The molecule has 1 heterocycles. The molecule has 0 fully saturated rings. The van der Waals surface area contributed by atoms with Crippen LogP contribution >= 0.6 is 22.6 Å². The first-order valence-electron chi connectivity index (χ1n) is 8.65. The molecule has 2 aromatic carbocycles. The molecule has 0 saturated carbocycles. The molecule has 27 heavy (non-hydrogen) atoms. The maximum atomic E-state index is 12.4. The summed E-state index contributed by atoms with van der Waals surface area (Å²) in [6.45, 7) is 4.41. The highest BCUT2D eigenvalue weighted by Crippen LogP contribution is 2.21. The summed E-state index contributed by atoms with van der Waals surface area (Å²) in [6, 6.07) is 14.2. The summed E-state index contributed by atoms with van der Waals surface area (Å²) in [5.41, 5.74) is 4.02. The van der Waals surface area contributed by atoms with Crippen molar-refractivity contribution < 1.29 is 4.79 Å². The van der Waals surface area contributed by atoms with E-state index < -0.39 is 0 Å². The van der Waals surface area contributed by atoms with Gasteiger partial charge in [0.15, 0.2) is 0 Å². The van der Waals surface area contributed by atoms with E-state index in [2.05, 4.69) is 63.1 Å². The van der Waals surface area contributed by atoms with E-state index in [-0.39, 0.29) is 11.9 Å². The predicted molar refractivity (Wildman–Crippen MR) is 115 cm³/mol. The normalized spacial score (nSPS) is 12.2. The van der Waals surface area contributed by atoms with Crippen LogP contribution in [0.1, 0.15) is 24.1 Å². The van der Waals surface area contributed by atoms with Gasteiger partial charge in [0.25, 0.3) is 0 Å². The zero-order valence-electron chi connectivity index (χ0n) is 15.6. The molecule has 7 heteroatoms. The molecule has 0 aliphatic rings. The van der Waals surface area contributed by atoms with Gasteiger partial charge in [-0.05, 0) is 84.9 Å². The van der Waals surface area contributed by atoms with E-state index in [1.54, 1.807) is 11.0 Å². The van der Waals surface area contributed by atoms with Crippen LogP contribution in [0.5, 0.6) is 0 Å². The standard InChI is InChI=1S/C20H22IN5O/c1-14-10-17(21)6-9-19(14)24-20(27)11-25(3)15(2)16-4-7-18(8-5-16)26-13-22-12-23-26/h4-10,12-13,15H,11H2,1-3H3,(H,24,27)/t15-/m0/s1. The average Bonchev–Trinajstić information content (AvgIpc) is 3.18. The summed E-state index contributed by atoms with van der Waals surface area (Å²) in [5.74, 6) is -0.0205. The van der Waals surface area contributed by atoms with E-state index in [1.165, 1.54) is 6.33 Å². The first kappa shape index (κ1) is 19.5. The minimum absolute atomic E-state index is 0.0205. The zero-order chi connectivity index (χ0) is 19.4. The number of carbonyl (C=O) groups is 1. The van der Waals surface area contributed by atoms with Gasteiger partial charge in [-0.2, -0.15) is 5.10 Å². The van der Waals surface area contributed by atoms with E-state index in [0.717, 1.165) is 26.1 Å². The molecule has 0 spiro atoms. The minimum atomic E-state index is -0.0205. The number of benzene rings is 2. The lowest BCUT2D eigenvalue weighted by atomic mass is 10.1. The first-order chi connectivity index (χ1) is 12.9. The van der Waals surface area contributed by atoms with E-state index >= 15 is 0 Å². The third kappa shape index (κ3) is 4.92. The van der Waals surface area contributed by atoms with Gasteiger partial charge in [0, 0.05) is 15.3 Å². The number of nitrogens with one attached hydrogen (secondary N) is 1. The number of rotatable bonds is 6. The fourth-order valence-electron chi connectivity index (χ4n) is 2.82. The molecule has 3 aromatic rings. The molecular formula is C20H22IN5O. The second kappa shape index (κ2) is 8.62. The molecule has 0 unspecified atom stereocenters. The number of halogens is 1. The maximum Gasteiger partial charge on any atom is 0.238 e. The number of aryl methyl sites for hydroxylation is 1. The summed E-state index contributed by atoms with van der Waals surface area (Å²) in [5, 5.41) is 7.13. The van der Waals surface area contributed by atoms with Gasteiger partial charge in [-0.3, -0.25) is 9.69 Å². The zero-order valence-corrected chi connectivity index (χ0v) is 17.7. The summed E-state index contributed by atoms with van der Waals surface area (Å²) in [6.07, 6.45) is 3.18. The maximum absolute atomic E-state index is 12.4. The van der Waals surface area contributed by atoms with Crippen molar-refractivity contribution in [2.75, 3.05) is 18.9 Å². The molecular weight excluding hydrogens is 453 g/mol. The molecule has 1 aromatic heterocycles. The number of hydrogen-bond donors (Lipinski definition) is 1. The number of hydrogen-bond acceptors (Lipinski definition) is 4. The molecule has 1 atom stereocenters. The smallest absolute Gasteiger partial charge is 0.238 e. The Morgan fingerprint density at radius 2 is 2.00 bits per heavy atom. The fourth-order valence-corrected chi connectivity index (χ4v) is 3.47. The summed E-state index contributed by atoms with van der Waals surface area (Å²) >= 11 is 2.27. The van der Waals surface area contributed by atoms with Crippen LogP contribution in [0, 0.1) is 10.5 Å². The van der Waals surface area contributed by atoms with Gasteiger partial charge in [-0.15, -0.1) is 0 Å². The van der Waals surface area contributed by atoms with Crippen LogP contribution in [0.3, 0.4) is 0 Å². The molecule has 0 bridgehead atoms. The number of amides is 1. The van der Waals surface area contributed by atoms with Crippen LogP contribution in [0.15, 0.2) is 55.1 Å². The molecule has 0 radical (unpaired) electrons. The number of aromatic nitrogens is 3. The van der Waals surface area contributed by atoms with Crippen LogP contribution in [0.25, 0.3) is 5.69 Å². The third-order valence-electron chi connectivity index (χ3n) is 4.58. The van der Waals surface area contributed by atoms with E-state index in [9.17, 15) is 4.79 Å². The second-order valence-corrected chi connectivity index (χ2v) is 7.78. The summed E-state index contributed by atoms with van der Waals surface area (Å²) in [4.78, 5) is 18.4. The molecule has 0 saturated heterocycles. The number of nitrogens with zero attached hydrogens (tertiary/aromatic N) is 4. The Bertz CT molecular complexity index is 909. The second-order valence-electron chi connectivity index (χ2n) is 6.53. The Balaban J connectivity index is 1.61. The molecule has 140 valence electrons. The largest absolute Gasteiger partial charge is 0.325 e. The molecule has 3 rings (SSSR count). The van der Waals surface area contributed by atoms with Gasteiger partial charge in [0.05, 0.1) is 12.2 Å². The lowest BCUT2D eigenvalue weighted by Gasteiger charge is -2.25. The molecule has 1 amide bonds. The van der Waals surface area contributed by atoms with Gasteiger partial charge in [-0.1, -0.05) is 12.1 Å². The average molecular weight is 475 g/mol. The predicted octanol–water partition coefficient (Wildman–Crippen LogP) is 3.81. The SMILES string of the molecule is Cc1cc(I)ccc1NC(=O)CN(C)[C@@H](C)c1ccc(-n2cncn2)cc1. The highest BCUT2D eigenvalue weighted by Gasteiger charge is 2.15. The highest BCUT2D eigenvalue weighted by molar-refractivity contribution is 14.1. The van der Waals surface area contributed by atoms with Gasteiger partial charge in [0.1, 0.15) is 12.7 Å². The van der Waals surface area contributed by atoms with Crippen molar-refractivity contribution in [3.8, 4) is 5.69 Å². The van der Waals surface area contributed by atoms with Gasteiger partial charge in [0.2, 0.25) is 5.91 Å². The van der Waals surface area contributed by atoms with Crippen molar-refractivity contribution in [3.63, 3.8) is 0 Å². The van der Waals surface area contributed by atoms with E-state index in [4.69, 9.17) is 0 Å². The lowest BCUT2D eigenvalue weighted by molar-refractivity contribution is -0.117. The Morgan fingerprint density at radius 1 is 1.26 bits per heavy atom. The third-order valence-corrected chi connectivity index (χ3v) is 5.25.